The van der Waals surface area contributed by atoms with E-state index in [1.807, 2.05) is 0 Å². The van der Waals surface area contributed by atoms with Crippen molar-refractivity contribution in [2.45, 2.75) is 65.3 Å². The molecule has 0 fully saturated rings. The van der Waals surface area contributed by atoms with Gasteiger partial charge >= 0.3 is 5.97 Å². The zero-order chi connectivity index (χ0) is 13.3. The van der Waals surface area contributed by atoms with Crippen molar-refractivity contribution in [3.63, 3.8) is 0 Å². The van der Waals surface area contributed by atoms with E-state index in [0.29, 0.717) is 12.3 Å². The summed E-state index contributed by atoms with van der Waals surface area (Å²) < 4.78 is 0. The van der Waals surface area contributed by atoms with Crippen LogP contribution in [-0.4, -0.2) is 23.0 Å². The second-order valence-electron chi connectivity index (χ2n) is 4.70. The predicted octanol–water partition coefficient (Wildman–Crippen LogP) is 2.57. The fourth-order valence-corrected chi connectivity index (χ4v) is 1.89. The molecule has 2 N–H and O–H groups in total. The lowest BCUT2D eigenvalue weighted by molar-refractivity contribution is -0.137. The minimum atomic E-state index is -0.853. The van der Waals surface area contributed by atoms with Crippen molar-refractivity contribution in [3.8, 4) is 0 Å². The maximum atomic E-state index is 11.3. The molecule has 0 spiro atoms. The molecule has 0 aromatic rings. The molecule has 2 atom stereocenters. The lowest BCUT2D eigenvalue weighted by Gasteiger charge is -2.20. The van der Waals surface area contributed by atoms with E-state index in [4.69, 9.17) is 5.11 Å². The zero-order valence-electron chi connectivity index (χ0n) is 11.2. The molecule has 0 bridgehead atoms. The molecule has 17 heavy (non-hydrogen) atoms. The largest absolute Gasteiger partial charge is 0.481 e. The first-order valence-corrected chi connectivity index (χ1v) is 6.50. The van der Waals surface area contributed by atoms with Crippen molar-refractivity contribution in [1.82, 2.24) is 5.32 Å². The van der Waals surface area contributed by atoms with E-state index in [2.05, 4.69) is 19.2 Å². The Morgan fingerprint density at radius 2 is 1.94 bits per heavy atom. The van der Waals surface area contributed by atoms with Gasteiger partial charge in [-0.2, -0.15) is 0 Å². The molecule has 1 amide bonds. The van der Waals surface area contributed by atoms with Crippen LogP contribution in [0.2, 0.25) is 0 Å². The number of unbranched alkanes of at least 4 members (excludes halogenated alkanes) is 1. The van der Waals surface area contributed by atoms with E-state index in [0.717, 1.165) is 25.7 Å². The third-order valence-electron chi connectivity index (χ3n) is 2.84. The second-order valence-corrected chi connectivity index (χ2v) is 4.70. The third kappa shape index (κ3) is 8.72. The highest BCUT2D eigenvalue weighted by Gasteiger charge is 2.17. The van der Waals surface area contributed by atoms with Gasteiger partial charge in [0, 0.05) is 12.5 Å². The van der Waals surface area contributed by atoms with E-state index in [1.54, 1.807) is 6.92 Å². The molecule has 0 aromatic carbocycles. The quantitative estimate of drug-likeness (QED) is 0.654. The summed E-state index contributed by atoms with van der Waals surface area (Å²) in [5, 5.41) is 11.6. The summed E-state index contributed by atoms with van der Waals surface area (Å²) in [6, 6.07) is -0.230. The topological polar surface area (TPSA) is 66.4 Å². The average molecular weight is 243 g/mol. The van der Waals surface area contributed by atoms with Gasteiger partial charge in [-0.1, -0.05) is 40.0 Å². The number of carboxylic acid groups (broad SMARTS) is 1. The summed E-state index contributed by atoms with van der Waals surface area (Å²) >= 11 is 0. The summed E-state index contributed by atoms with van der Waals surface area (Å²) in [7, 11) is 0. The Bertz CT molecular complexity index is 241. The number of nitrogens with one attached hydrogen (secondary N) is 1. The Morgan fingerprint density at radius 1 is 1.29 bits per heavy atom. The lowest BCUT2D eigenvalue weighted by Crippen LogP contribution is -2.37. The molecule has 0 aliphatic carbocycles. The van der Waals surface area contributed by atoms with Crippen LogP contribution in [0.15, 0.2) is 0 Å². The number of rotatable bonds is 9. The van der Waals surface area contributed by atoms with Crippen molar-refractivity contribution in [3.05, 3.63) is 0 Å². The van der Waals surface area contributed by atoms with E-state index in [1.165, 1.54) is 0 Å². The molecule has 100 valence electrons. The van der Waals surface area contributed by atoms with Crippen molar-refractivity contribution in [2.75, 3.05) is 0 Å². The highest BCUT2D eigenvalue weighted by atomic mass is 16.4. The predicted molar refractivity (Wildman–Crippen MR) is 67.8 cm³/mol. The Kier molecular flexibility index (Phi) is 8.46. The molecule has 0 aliphatic heterocycles. The zero-order valence-corrected chi connectivity index (χ0v) is 11.2. The van der Waals surface area contributed by atoms with Crippen LogP contribution in [0.1, 0.15) is 59.3 Å². The number of carbonyl (C=O) groups excluding carboxylic acids is 1. The molecular formula is C13H25NO3. The van der Waals surface area contributed by atoms with Gasteiger partial charge < -0.3 is 10.4 Å². The molecule has 2 unspecified atom stereocenters. The van der Waals surface area contributed by atoms with Gasteiger partial charge in [0.25, 0.3) is 0 Å². The standard InChI is InChI=1S/C13H25NO3/c1-4-6-7-10(3)8-11(9-13(16)17)14-12(15)5-2/h10-11H,4-9H2,1-3H3,(H,14,15)(H,16,17). The van der Waals surface area contributed by atoms with Gasteiger partial charge in [-0.25, -0.2) is 0 Å². The van der Waals surface area contributed by atoms with Gasteiger partial charge in [-0.05, 0) is 12.3 Å². The Labute approximate surface area is 104 Å². The van der Waals surface area contributed by atoms with E-state index in [-0.39, 0.29) is 18.4 Å². The molecule has 4 heteroatoms. The van der Waals surface area contributed by atoms with Crippen molar-refractivity contribution in [1.29, 1.82) is 0 Å². The Hall–Kier alpha value is -1.06. The number of carbonyl (C=O) groups is 2. The maximum absolute atomic E-state index is 11.3. The van der Waals surface area contributed by atoms with Crippen molar-refractivity contribution >= 4 is 11.9 Å². The van der Waals surface area contributed by atoms with Gasteiger partial charge in [0.1, 0.15) is 0 Å². The van der Waals surface area contributed by atoms with E-state index in [9.17, 15) is 9.59 Å². The molecule has 0 rings (SSSR count). The van der Waals surface area contributed by atoms with E-state index >= 15 is 0 Å². The number of hydrogen-bond donors (Lipinski definition) is 2. The highest BCUT2D eigenvalue weighted by molar-refractivity contribution is 5.77. The Morgan fingerprint density at radius 3 is 2.41 bits per heavy atom. The van der Waals surface area contributed by atoms with Crippen molar-refractivity contribution < 1.29 is 14.7 Å². The highest BCUT2D eigenvalue weighted by Crippen LogP contribution is 2.16. The molecule has 0 aliphatic rings. The molecule has 0 heterocycles. The summed E-state index contributed by atoms with van der Waals surface area (Å²) in [6.45, 7) is 6.02. The number of carboxylic acids is 1. The molecular weight excluding hydrogens is 218 g/mol. The number of aliphatic carboxylic acids is 1. The van der Waals surface area contributed by atoms with E-state index < -0.39 is 5.97 Å². The fourth-order valence-electron chi connectivity index (χ4n) is 1.89. The smallest absolute Gasteiger partial charge is 0.305 e. The number of hydrogen-bond acceptors (Lipinski definition) is 2. The summed E-state index contributed by atoms with van der Waals surface area (Å²) in [4.78, 5) is 22.0. The third-order valence-corrected chi connectivity index (χ3v) is 2.84. The lowest BCUT2D eigenvalue weighted by atomic mass is 9.94. The average Bonchev–Trinajstić information content (AvgIpc) is 2.25. The maximum Gasteiger partial charge on any atom is 0.305 e. The van der Waals surface area contributed by atoms with Gasteiger partial charge in [-0.3, -0.25) is 9.59 Å². The normalized spacial score (nSPS) is 14.1. The molecule has 0 aromatic heterocycles. The molecule has 0 saturated carbocycles. The van der Waals surface area contributed by atoms with Crippen molar-refractivity contribution in [2.24, 2.45) is 5.92 Å². The van der Waals surface area contributed by atoms with Gasteiger partial charge in [0.15, 0.2) is 0 Å². The summed E-state index contributed by atoms with van der Waals surface area (Å²) in [5.74, 6) is -0.468. The van der Waals surface area contributed by atoms with Crippen LogP contribution in [0, 0.1) is 5.92 Å². The Balaban J connectivity index is 4.17. The summed E-state index contributed by atoms with van der Waals surface area (Å²) in [5.41, 5.74) is 0. The SMILES string of the molecule is CCCCC(C)CC(CC(=O)O)NC(=O)CC. The minimum Gasteiger partial charge on any atom is -0.481 e. The second kappa shape index (κ2) is 9.02. The number of amides is 1. The summed E-state index contributed by atoms with van der Waals surface area (Å²) in [6.07, 6.45) is 4.56. The van der Waals surface area contributed by atoms with Crippen LogP contribution in [0.4, 0.5) is 0 Å². The first-order chi connectivity index (χ1) is 7.99. The van der Waals surface area contributed by atoms with Crippen LogP contribution < -0.4 is 5.32 Å². The molecule has 0 radical (unpaired) electrons. The van der Waals surface area contributed by atoms with Gasteiger partial charge in [0.2, 0.25) is 5.91 Å². The molecule has 0 saturated heterocycles. The van der Waals surface area contributed by atoms with Crippen LogP contribution in [0.5, 0.6) is 0 Å². The van der Waals surface area contributed by atoms with Crippen LogP contribution in [0.3, 0.4) is 0 Å². The first kappa shape index (κ1) is 15.9. The first-order valence-electron chi connectivity index (χ1n) is 6.50. The van der Waals surface area contributed by atoms with Crippen LogP contribution in [-0.2, 0) is 9.59 Å². The molecule has 4 nitrogen and oxygen atoms in total. The van der Waals surface area contributed by atoms with Crippen LogP contribution in [0.25, 0.3) is 0 Å². The fraction of sp³-hybridized carbons (Fsp3) is 0.846. The monoisotopic (exact) mass is 243 g/mol. The van der Waals surface area contributed by atoms with Gasteiger partial charge in [0.05, 0.1) is 6.42 Å². The van der Waals surface area contributed by atoms with Crippen LogP contribution >= 0.6 is 0 Å². The minimum absolute atomic E-state index is 0.0161. The van der Waals surface area contributed by atoms with Gasteiger partial charge in [-0.15, -0.1) is 0 Å².